The first-order chi connectivity index (χ1) is 8.74. The van der Waals surface area contributed by atoms with E-state index in [1.807, 2.05) is 50.8 Å². The van der Waals surface area contributed by atoms with E-state index in [0.29, 0.717) is 6.54 Å². The number of methoxy groups -OCH3 is 1. The maximum atomic E-state index is 11.0. The van der Waals surface area contributed by atoms with Crippen molar-refractivity contribution in [1.82, 2.24) is 4.90 Å². The van der Waals surface area contributed by atoms with E-state index < -0.39 is 5.97 Å². The molecule has 1 N–H and O–H groups in total. The Kier molecular flexibility index (Phi) is 4.95. The first kappa shape index (κ1) is 15.5. The Morgan fingerprint density at radius 3 is 2.47 bits per heavy atom. The third kappa shape index (κ3) is 4.56. The van der Waals surface area contributed by atoms with Gasteiger partial charge in [-0.2, -0.15) is 0 Å². The van der Waals surface area contributed by atoms with Gasteiger partial charge in [-0.15, -0.1) is 0 Å². The fourth-order valence-electron chi connectivity index (χ4n) is 1.93. The second-order valence-corrected chi connectivity index (χ2v) is 5.74. The van der Waals surface area contributed by atoms with Gasteiger partial charge >= 0.3 is 5.97 Å². The van der Waals surface area contributed by atoms with Gasteiger partial charge in [0.2, 0.25) is 0 Å². The van der Waals surface area contributed by atoms with Gasteiger partial charge in [0, 0.05) is 17.6 Å². The zero-order valence-corrected chi connectivity index (χ0v) is 12.4. The lowest BCUT2D eigenvalue weighted by Crippen LogP contribution is -2.43. The Bertz CT molecular complexity index is 449. The molecule has 0 amide bonds. The van der Waals surface area contributed by atoms with Gasteiger partial charge in [0.15, 0.2) is 0 Å². The maximum Gasteiger partial charge on any atom is 0.317 e. The molecule has 0 saturated heterocycles. The lowest BCUT2D eigenvalue weighted by Gasteiger charge is -2.34. The molecule has 0 heterocycles. The van der Waals surface area contributed by atoms with Gasteiger partial charge in [0.1, 0.15) is 5.75 Å². The molecule has 0 atom stereocenters. The molecule has 0 fully saturated rings. The average Bonchev–Trinajstić information content (AvgIpc) is 2.26. The molecule has 0 aromatic heterocycles. The van der Waals surface area contributed by atoms with Crippen molar-refractivity contribution in [1.29, 1.82) is 0 Å². The number of aryl methyl sites for hydroxylation is 1. The molecular weight excluding hydrogens is 242 g/mol. The number of hydrogen-bond acceptors (Lipinski definition) is 3. The molecule has 1 aromatic rings. The molecule has 0 aliphatic carbocycles. The molecule has 4 heteroatoms. The number of carbonyl (C=O) groups is 1. The normalized spacial score (nSPS) is 11.7. The van der Waals surface area contributed by atoms with E-state index in [1.165, 1.54) is 0 Å². The monoisotopic (exact) mass is 265 g/mol. The molecule has 1 aromatic carbocycles. The number of carboxylic acid groups (broad SMARTS) is 1. The first-order valence-corrected chi connectivity index (χ1v) is 6.34. The highest BCUT2D eigenvalue weighted by molar-refractivity contribution is 5.69. The fraction of sp³-hybridized carbons (Fsp3) is 0.533. The largest absolute Gasteiger partial charge is 0.496 e. The molecule has 19 heavy (non-hydrogen) atoms. The molecule has 0 aliphatic rings. The van der Waals surface area contributed by atoms with Crippen molar-refractivity contribution >= 4 is 5.97 Å². The third-order valence-corrected chi connectivity index (χ3v) is 3.07. The van der Waals surface area contributed by atoms with Crippen LogP contribution in [0.2, 0.25) is 0 Å². The summed E-state index contributed by atoms with van der Waals surface area (Å²) < 4.78 is 5.34. The molecular formula is C15H23NO3. The quantitative estimate of drug-likeness (QED) is 0.889. The molecule has 0 saturated carbocycles. The topological polar surface area (TPSA) is 49.8 Å². The summed E-state index contributed by atoms with van der Waals surface area (Å²) in [6.45, 7) is 8.62. The average molecular weight is 265 g/mol. The van der Waals surface area contributed by atoms with E-state index in [0.717, 1.165) is 16.9 Å². The highest BCUT2D eigenvalue weighted by Crippen LogP contribution is 2.24. The fourth-order valence-corrected chi connectivity index (χ4v) is 1.93. The van der Waals surface area contributed by atoms with Gasteiger partial charge in [-0.3, -0.25) is 9.69 Å². The summed E-state index contributed by atoms with van der Waals surface area (Å²) >= 11 is 0. The van der Waals surface area contributed by atoms with Gasteiger partial charge in [0.25, 0.3) is 0 Å². The number of carboxylic acids is 1. The van der Waals surface area contributed by atoms with Crippen LogP contribution < -0.4 is 4.74 Å². The Morgan fingerprint density at radius 2 is 2.00 bits per heavy atom. The predicted molar refractivity (Wildman–Crippen MR) is 75.5 cm³/mol. The van der Waals surface area contributed by atoms with Gasteiger partial charge in [-0.05, 0) is 33.8 Å². The van der Waals surface area contributed by atoms with Crippen LogP contribution in [-0.2, 0) is 11.3 Å². The second kappa shape index (κ2) is 6.06. The Morgan fingerprint density at radius 1 is 1.37 bits per heavy atom. The summed E-state index contributed by atoms with van der Waals surface area (Å²) in [5.41, 5.74) is 1.94. The van der Waals surface area contributed by atoms with Crippen molar-refractivity contribution in [3.63, 3.8) is 0 Å². The molecule has 0 bridgehead atoms. The van der Waals surface area contributed by atoms with Gasteiger partial charge in [0.05, 0.1) is 13.7 Å². The summed E-state index contributed by atoms with van der Waals surface area (Å²) in [5.74, 6) is -0.0215. The van der Waals surface area contributed by atoms with Crippen molar-refractivity contribution in [2.75, 3.05) is 13.7 Å². The first-order valence-electron chi connectivity index (χ1n) is 6.34. The molecule has 4 nitrogen and oxygen atoms in total. The van der Waals surface area contributed by atoms with Crippen molar-refractivity contribution < 1.29 is 14.6 Å². The van der Waals surface area contributed by atoms with Crippen LogP contribution >= 0.6 is 0 Å². The highest BCUT2D eigenvalue weighted by Gasteiger charge is 2.24. The lowest BCUT2D eigenvalue weighted by atomic mass is 10.0. The van der Waals surface area contributed by atoms with E-state index in [9.17, 15) is 4.79 Å². The van der Waals surface area contributed by atoms with E-state index in [-0.39, 0.29) is 12.1 Å². The Balaban J connectivity index is 3.02. The lowest BCUT2D eigenvalue weighted by molar-refractivity contribution is -0.139. The van der Waals surface area contributed by atoms with Crippen LogP contribution in [-0.4, -0.2) is 35.2 Å². The van der Waals surface area contributed by atoms with E-state index in [4.69, 9.17) is 9.84 Å². The molecule has 0 spiro atoms. The minimum absolute atomic E-state index is 0.0145. The van der Waals surface area contributed by atoms with Gasteiger partial charge in [-0.25, -0.2) is 0 Å². The van der Waals surface area contributed by atoms with Crippen LogP contribution in [0.3, 0.4) is 0 Å². The Labute approximate surface area is 115 Å². The molecule has 0 aliphatic heterocycles. The minimum Gasteiger partial charge on any atom is -0.496 e. The number of benzene rings is 1. The summed E-state index contributed by atoms with van der Waals surface area (Å²) in [6.07, 6.45) is 0. The summed E-state index contributed by atoms with van der Waals surface area (Å²) in [7, 11) is 1.63. The predicted octanol–water partition coefficient (Wildman–Crippen LogP) is 2.69. The van der Waals surface area contributed by atoms with Crippen LogP contribution in [0.4, 0.5) is 0 Å². The summed E-state index contributed by atoms with van der Waals surface area (Å²) in [6, 6.07) is 5.95. The number of nitrogens with zero attached hydrogens (tertiary/aromatic N) is 1. The molecule has 0 unspecified atom stereocenters. The highest BCUT2D eigenvalue weighted by atomic mass is 16.5. The van der Waals surface area contributed by atoms with Crippen LogP contribution in [0.5, 0.6) is 5.75 Å². The van der Waals surface area contributed by atoms with Crippen LogP contribution in [0.15, 0.2) is 18.2 Å². The third-order valence-electron chi connectivity index (χ3n) is 3.07. The van der Waals surface area contributed by atoms with Crippen molar-refractivity contribution in [3.05, 3.63) is 29.3 Å². The number of rotatable bonds is 5. The van der Waals surface area contributed by atoms with Crippen LogP contribution in [0, 0.1) is 6.92 Å². The number of ether oxygens (including phenoxy) is 1. The molecule has 0 radical (unpaired) electrons. The van der Waals surface area contributed by atoms with Gasteiger partial charge < -0.3 is 9.84 Å². The Hall–Kier alpha value is -1.55. The molecule has 106 valence electrons. The number of hydrogen-bond donors (Lipinski definition) is 1. The summed E-state index contributed by atoms with van der Waals surface area (Å²) in [5, 5.41) is 9.03. The van der Waals surface area contributed by atoms with E-state index in [1.54, 1.807) is 7.11 Å². The smallest absolute Gasteiger partial charge is 0.317 e. The second-order valence-electron chi connectivity index (χ2n) is 5.74. The zero-order valence-electron chi connectivity index (χ0n) is 12.4. The molecule has 1 rings (SSSR count). The van der Waals surface area contributed by atoms with Crippen molar-refractivity contribution in [2.45, 2.75) is 39.8 Å². The van der Waals surface area contributed by atoms with E-state index in [2.05, 4.69) is 0 Å². The van der Waals surface area contributed by atoms with Crippen molar-refractivity contribution in [2.24, 2.45) is 0 Å². The number of aliphatic carboxylic acids is 1. The van der Waals surface area contributed by atoms with Crippen LogP contribution in [0.1, 0.15) is 31.9 Å². The maximum absolute atomic E-state index is 11.0. The standard InChI is InChI=1S/C15H23NO3/c1-11-6-7-13(19-5)12(8-11)9-16(10-14(17)18)15(2,3)4/h6-8H,9-10H2,1-5H3,(H,17,18). The van der Waals surface area contributed by atoms with Gasteiger partial charge in [-0.1, -0.05) is 17.7 Å². The SMILES string of the molecule is COc1ccc(C)cc1CN(CC(=O)O)C(C)(C)C. The van der Waals surface area contributed by atoms with Crippen LogP contribution in [0.25, 0.3) is 0 Å². The van der Waals surface area contributed by atoms with Crippen molar-refractivity contribution in [3.8, 4) is 5.75 Å². The zero-order chi connectivity index (χ0) is 14.6. The summed E-state index contributed by atoms with van der Waals surface area (Å²) in [4.78, 5) is 12.9. The van der Waals surface area contributed by atoms with E-state index >= 15 is 0 Å². The minimum atomic E-state index is -0.818.